The van der Waals surface area contributed by atoms with E-state index in [9.17, 15) is 0 Å². The Labute approximate surface area is 163 Å². The fourth-order valence-electron chi connectivity index (χ4n) is 2.97. The first-order chi connectivity index (χ1) is 13.7. The molecule has 0 aliphatic rings. The van der Waals surface area contributed by atoms with Gasteiger partial charge in [-0.2, -0.15) is 9.97 Å². The highest BCUT2D eigenvalue weighted by molar-refractivity contribution is 5.84. The maximum atomic E-state index is 4.72. The van der Waals surface area contributed by atoms with Crippen LogP contribution < -0.4 is 10.6 Å². The molecule has 0 saturated carbocycles. The lowest BCUT2D eigenvalue weighted by atomic mass is 10.3. The van der Waals surface area contributed by atoms with Gasteiger partial charge in [-0.05, 0) is 44.5 Å². The summed E-state index contributed by atoms with van der Waals surface area (Å²) in [5.41, 5.74) is 3.58. The van der Waals surface area contributed by atoms with Gasteiger partial charge in [-0.3, -0.25) is 0 Å². The molecule has 2 N–H and O–H groups in total. The zero-order chi connectivity index (χ0) is 19.5. The highest BCUT2D eigenvalue weighted by Crippen LogP contribution is 2.25. The Bertz CT molecular complexity index is 1050. The Morgan fingerprint density at radius 3 is 2.57 bits per heavy atom. The van der Waals surface area contributed by atoms with Crippen molar-refractivity contribution in [3.8, 4) is 5.69 Å². The average molecular weight is 376 g/mol. The topological polar surface area (TPSA) is 85.5 Å². The first-order valence-electron chi connectivity index (χ1n) is 9.49. The Kier molecular flexibility index (Phi) is 4.92. The minimum atomic E-state index is 0.265. The summed E-state index contributed by atoms with van der Waals surface area (Å²) < 4.78 is 4.02. The van der Waals surface area contributed by atoms with E-state index < -0.39 is 0 Å². The van der Waals surface area contributed by atoms with E-state index in [1.165, 1.54) is 0 Å². The van der Waals surface area contributed by atoms with Crippen LogP contribution in [0.25, 0.3) is 16.9 Å². The van der Waals surface area contributed by atoms with E-state index in [-0.39, 0.29) is 6.04 Å². The smallest absolute Gasteiger partial charge is 0.231 e. The standard InChI is InChI=1S/C20H24N8/c1-4-9-22-18-17-19(28(13-23-17)14(2)3)26-20(25-18)24-15-5-7-16(8-6-15)27-11-10-21-12-27/h5-8,10-14H,4,9H2,1-3H3,(H2,22,24,25,26). The first-order valence-corrected chi connectivity index (χ1v) is 9.49. The van der Waals surface area contributed by atoms with Gasteiger partial charge in [-0.15, -0.1) is 0 Å². The summed E-state index contributed by atoms with van der Waals surface area (Å²) in [5, 5.41) is 6.68. The Hall–Kier alpha value is -3.42. The van der Waals surface area contributed by atoms with Crippen LogP contribution in [-0.4, -0.2) is 35.6 Å². The summed E-state index contributed by atoms with van der Waals surface area (Å²) >= 11 is 0. The molecule has 4 rings (SSSR count). The monoisotopic (exact) mass is 376 g/mol. The Balaban J connectivity index is 1.66. The molecule has 0 atom stereocenters. The minimum absolute atomic E-state index is 0.265. The lowest BCUT2D eigenvalue weighted by Crippen LogP contribution is -2.08. The van der Waals surface area contributed by atoms with Crippen LogP contribution in [0.15, 0.2) is 49.3 Å². The second-order valence-corrected chi connectivity index (χ2v) is 6.88. The number of hydrogen-bond donors (Lipinski definition) is 2. The van der Waals surface area contributed by atoms with Gasteiger partial charge >= 0.3 is 0 Å². The molecule has 28 heavy (non-hydrogen) atoms. The molecule has 0 saturated heterocycles. The van der Waals surface area contributed by atoms with E-state index in [1.54, 1.807) is 12.5 Å². The predicted molar refractivity (Wildman–Crippen MR) is 111 cm³/mol. The van der Waals surface area contributed by atoms with Crippen LogP contribution in [0.5, 0.6) is 0 Å². The van der Waals surface area contributed by atoms with E-state index in [0.717, 1.165) is 41.3 Å². The van der Waals surface area contributed by atoms with Crippen LogP contribution >= 0.6 is 0 Å². The van der Waals surface area contributed by atoms with Crippen molar-refractivity contribution in [3.63, 3.8) is 0 Å². The maximum Gasteiger partial charge on any atom is 0.231 e. The number of nitrogens with one attached hydrogen (secondary N) is 2. The van der Waals surface area contributed by atoms with Crippen molar-refractivity contribution >= 4 is 28.6 Å². The van der Waals surface area contributed by atoms with Crippen molar-refractivity contribution in [2.45, 2.75) is 33.2 Å². The third-order valence-corrected chi connectivity index (χ3v) is 4.45. The van der Waals surface area contributed by atoms with Crippen LogP contribution in [0.4, 0.5) is 17.5 Å². The molecule has 8 heteroatoms. The van der Waals surface area contributed by atoms with Crippen molar-refractivity contribution in [2.75, 3.05) is 17.2 Å². The molecule has 0 bridgehead atoms. The fourth-order valence-corrected chi connectivity index (χ4v) is 2.97. The SMILES string of the molecule is CCCNc1nc(Nc2ccc(-n3ccnc3)cc2)nc2c1ncn2C(C)C. The Morgan fingerprint density at radius 1 is 1.07 bits per heavy atom. The van der Waals surface area contributed by atoms with Crippen LogP contribution in [0, 0.1) is 0 Å². The van der Waals surface area contributed by atoms with Gasteiger partial charge in [0.25, 0.3) is 0 Å². The number of imidazole rings is 2. The molecule has 4 aromatic rings. The number of benzene rings is 1. The summed E-state index contributed by atoms with van der Waals surface area (Å²) in [6.45, 7) is 7.19. The highest BCUT2D eigenvalue weighted by atomic mass is 15.2. The van der Waals surface area contributed by atoms with Gasteiger partial charge in [0.1, 0.15) is 0 Å². The molecule has 0 unspecified atom stereocenters. The lowest BCUT2D eigenvalue weighted by molar-refractivity contribution is 0.613. The summed E-state index contributed by atoms with van der Waals surface area (Å²) in [7, 11) is 0. The fraction of sp³-hybridized carbons (Fsp3) is 0.300. The maximum absolute atomic E-state index is 4.72. The first kappa shape index (κ1) is 18.0. The van der Waals surface area contributed by atoms with E-state index in [0.29, 0.717) is 5.95 Å². The Morgan fingerprint density at radius 2 is 1.89 bits per heavy atom. The molecule has 144 valence electrons. The largest absolute Gasteiger partial charge is 0.368 e. The van der Waals surface area contributed by atoms with Gasteiger partial charge in [-0.1, -0.05) is 6.92 Å². The van der Waals surface area contributed by atoms with Gasteiger partial charge < -0.3 is 19.8 Å². The van der Waals surface area contributed by atoms with Gasteiger partial charge in [-0.25, -0.2) is 9.97 Å². The summed E-state index contributed by atoms with van der Waals surface area (Å²) in [5.74, 6) is 1.30. The van der Waals surface area contributed by atoms with E-state index in [1.807, 2.05) is 41.4 Å². The van der Waals surface area contributed by atoms with E-state index >= 15 is 0 Å². The van der Waals surface area contributed by atoms with Gasteiger partial charge in [0.05, 0.1) is 12.7 Å². The molecule has 8 nitrogen and oxygen atoms in total. The summed E-state index contributed by atoms with van der Waals surface area (Å²) in [6.07, 6.45) is 8.29. The number of rotatable bonds is 7. The number of aromatic nitrogens is 6. The number of fused-ring (bicyclic) bond motifs is 1. The quantitative estimate of drug-likeness (QED) is 0.504. The van der Waals surface area contributed by atoms with Gasteiger partial charge in [0, 0.05) is 36.4 Å². The van der Waals surface area contributed by atoms with Crippen molar-refractivity contribution < 1.29 is 0 Å². The summed E-state index contributed by atoms with van der Waals surface area (Å²) in [6, 6.07) is 8.32. The lowest BCUT2D eigenvalue weighted by Gasteiger charge is -2.12. The van der Waals surface area contributed by atoms with E-state index in [4.69, 9.17) is 4.98 Å². The van der Waals surface area contributed by atoms with Crippen molar-refractivity contribution in [1.29, 1.82) is 0 Å². The molecule has 3 heterocycles. The highest BCUT2D eigenvalue weighted by Gasteiger charge is 2.14. The van der Waals surface area contributed by atoms with Crippen molar-refractivity contribution in [2.24, 2.45) is 0 Å². The second-order valence-electron chi connectivity index (χ2n) is 6.88. The van der Waals surface area contributed by atoms with Crippen LogP contribution in [-0.2, 0) is 0 Å². The molecule has 0 radical (unpaired) electrons. The zero-order valence-electron chi connectivity index (χ0n) is 16.3. The minimum Gasteiger partial charge on any atom is -0.368 e. The van der Waals surface area contributed by atoms with Crippen molar-refractivity contribution in [1.82, 2.24) is 29.1 Å². The molecular weight excluding hydrogens is 352 g/mol. The molecular formula is C20H24N8. The molecule has 1 aromatic carbocycles. The predicted octanol–water partition coefficient (Wildman–Crippen LogP) is 4.16. The molecule has 0 aliphatic carbocycles. The molecule has 0 amide bonds. The molecule has 3 aromatic heterocycles. The number of hydrogen-bond acceptors (Lipinski definition) is 6. The third-order valence-electron chi connectivity index (χ3n) is 4.45. The normalized spacial score (nSPS) is 11.3. The molecule has 0 aliphatic heterocycles. The molecule has 0 fully saturated rings. The number of nitrogens with zero attached hydrogens (tertiary/aromatic N) is 6. The summed E-state index contributed by atoms with van der Waals surface area (Å²) in [4.78, 5) is 18.0. The second kappa shape index (κ2) is 7.67. The van der Waals surface area contributed by atoms with Crippen LogP contribution in [0.1, 0.15) is 33.2 Å². The average Bonchev–Trinajstić information content (AvgIpc) is 3.36. The molecule has 0 spiro atoms. The van der Waals surface area contributed by atoms with Crippen LogP contribution in [0.2, 0.25) is 0 Å². The zero-order valence-corrected chi connectivity index (χ0v) is 16.3. The number of anilines is 3. The van der Waals surface area contributed by atoms with E-state index in [2.05, 4.69) is 50.9 Å². The van der Waals surface area contributed by atoms with Gasteiger partial charge in [0.2, 0.25) is 5.95 Å². The van der Waals surface area contributed by atoms with Crippen LogP contribution in [0.3, 0.4) is 0 Å². The third kappa shape index (κ3) is 3.53. The van der Waals surface area contributed by atoms with Gasteiger partial charge in [0.15, 0.2) is 17.0 Å². The van der Waals surface area contributed by atoms with Crippen molar-refractivity contribution in [3.05, 3.63) is 49.3 Å².